The smallest absolute Gasteiger partial charge is 0.132 e. The monoisotopic (exact) mass is 254 g/mol. The van der Waals surface area contributed by atoms with E-state index in [4.69, 9.17) is 18.0 Å². The minimum absolute atomic E-state index is 0.242. The normalized spacial score (nSPS) is 12.8. The number of terminal acetylenes is 1. The number of aliphatic hydroxyl groups is 1. The van der Waals surface area contributed by atoms with Crippen LogP contribution >= 0.6 is 11.6 Å². The molecule has 0 amide bonds. The van der Waals surface area contributed by atoms with Gasteiger partial charge in [-0.1, -0.05) is 25.4 Å². The largest absolute Gasteiger partial charge is 0.388 e. The summed E-state index contributed by atoms with van der Waals surface area (Å²) in [7, 11) is 1.78. The molecule has 94 valence electrons. The first-order valence-corrected chi connectivity index (χ1v) is 6.20. The molecular formula is C13H19ClN2O. The maximum atomic E-state index is 10.2. The fourth-order valence-electron chi connectivity index (χ4n) is 1.82. The number of nitrogens with zero attached hydrogens (tertiary/aromatic N) is 2. The average molecular weight is 255 g/mol. The van der Waals surface area contributed by atoms with Crippen molar-refractivity contribution in [2.75, 3.05) is 0 Å². The van der Waals surface area contributed by atoms with Crippen LogP contribution in [0.15, 0.2) is 0 Å². The zero-order valence-corrected chi connectivity index (χ0v) is 11.3. The molecule has 1 N–H and O–H groups in total. The first kappa shape index (κ1) is 14.1. The van der Waals surface area contributed by atoms with Crippen molar-refractivity contribution in [2.45, 2.75) is 45.1 Å². The van der Waals surface area contributed by atoms with Gasteiger partial charge in [0.1, 0.15) is 5.15 Å². The highest BCUT2D eigenvalue weighted by Crippen LogP contribution is 2.32. The second-order valence-electron chi connectivity index (χ2n) is 4.48. The first-order chi connectivity index (χ1) is 7.99. The van der Waals surface area contributed by atoms with Crippen molar-refractivity contribution in [3.05, 3.63) is 16.4 Å². The molecule has 0 radical (unpaired) electrons. The highest BCUT2D eigenvalue weighted by Gasteiger charge is 2.22. The number of aliphatic hydroxyl groups excluding tert-OH is 1. The number of hydrogen-bond acceptors (Lipinski definition) is 2. The van der Waals surface area contributed by atoms with E-state index in [-0.39, 0.29) is 5.92 Å². The molecule has 0 spiro atoms. The molecule has 0 fully saturated rings. The topological polar surface area (TPSA) is 38.1 Å². The molecule has 0 aromatic carbocycles. The Bertz CT molecular complexity index is 418. The molecule has 1 atom stereocenters. The maximum Gasteiger partial charge on any atom is 0.132 e. The van der Waals surface area contributed by atoms with E-state index in [0.717, 1.165) is 17.7 Å². The Morgan fingerprint density at radius 1 is 1.53 bits per heavy atom. The molecule has 3 nitrogen and oxygen atoms in total. The number of aryl methyl sites for hydroxylation is 1. The van der Waals surface area contributed by atoms with Gasteiger partial charge in [0.2, 0.25) is 0 Å². The van der Waals surface area contributed by atoms with Gasteiger partial charge in [0, 0.05) is 19.0 Å². The van der Waals surface area contributed by atoms with Gasteiger partial charge >= 0.3 is 0 Å². The highest BCUT2D eigenvalue weighted by molar-refractivity contribution is 6.30. The van der Waals surface area contributed by atoms with Gasteiger partial charge in [-0.2, -0.15) is 5.10 Å². The zero-order chi connectivity index (χ0) is 13.0. The Morgan fingerprint density at radius 3 is 2.71 bits per heavy atom. The SMILES string of the molecule is C#CCCCC(O)c1c(C(C)C)nn(C)c1Cl. The summed E-state index contributed by atoms with van der Waals surface area (Å²) < 4.78 is 1.61. The van der Waals surface area contributed by atoms with Gasteiger partial charge in [0.15, 0.2) is 0 Å². The summed E-state index contributed by atoms with van der Waals surface area (Å²) in [5.74, 6) is 2.81. The molecule has 1 aromatic rings. The standard InChI is InChI=1S/C13H19ClN2O/c1-5-6-7-8-10(17)11-12(9(2)3)15-16(4)13(11)14/h1,9-10,17H,6-8H2,2-4H3. The lowest BCUT2D eigenvalue weighted by Gasteiger charge is -2.12. The van der Waals surface area contributed by atoms with Gasteiger partial charge in [-0.25, -0.2) is 0 Å². The van der Waals surface area contributed by atoms with Crippen molar-refractivity contribution in [2.24, 2.45) is 7.05 Å². The van der Waals surface area contributed by atoms with Crippen LogP contribution in [0.1, 0.15) is 56.4 Å². The summed E-state index contributed by atoms with van der Waals surface area (Å²) in [6.45, 7) is 4.08. The highest BCUT2D eigenvalue weighted by atomic mass is 35.5. The van der Waals surface area contributed by atoms with Crippen LogP contribution in [0.3, 0.4) is 0 Å². The predicted octanol–water partition coefficient (Wildman–Crippen LogP) is 3.03. The van der Waals surface area contributed by atoms with Crippen LogP contribution in [0.2, 0.25) is 5.15 Å². The fraction of sp³-hybridized carbons (Fsp3) is 0.615. The van der Waals surface area contributed by atoms with Crippen LogP contribution in [0, 0.1) is 12.3 Å². The van der Waals surface area contributed by atoms with E-state index in [1.54, 1.807) is 11.7 Å². The van der Waals surface area contributed by atoms with E-state index in [9.17, 15) is 5.11 Å². The molecule has 1 heterocycles. The number of hydrogen-bond donors (Lipinski definition) is 1. The maximum absolute atomic E-state index is 10.2. The molecule has 1 unspecified atom stereocenters. The minimum atomic E-state index is -0.582. The number of halogens is 1. The van der Waals surface area contributed by atoms with E-state index in [1.807, 2.05) is 13.8 Å². The van der Waals surface area contributed by atoms with Crippen molar-refractivity contribution in [3.63, 3.8) is 0 Å². The Labute approximate surface area is 108 Å². The van der Waals surface area contributed by atoms with Crippen LogP contribution < -0.4 is 0 Å². The van der Waals surface area contributed by atoms with Crippen LogP contribution in [0.5, 0.6) is 0 Å². The van der Waals surface area contributed by atoms with Gasteiger partial charge in [0.25, 0.3) is 0 Å². The van der Waals surface area contributed by atoms with Crippen molar-refractivity contribution < 1.29 is 5.11 Å². The van der Waals surface area contributed by atoms with Crippen molar-refractivity contribution in [1.29, 1.82) is 0 Å². The van der Waals surface area contributed by atoms with Crippen LogP contribution in [-0.2, 0) is 7.05 Å². The lowest BCUT2D eigenvalue weighted by Crippen LogP contribution is -2.02. The van der Waals surface area contributed by atoms with Crippen LogP contribution in [-0.4, -0.2) is 14.9 Å². The van der Waals surface area contributed by atoms with Gasteiger partial charge < -0.3 is 5.11 Å². The predicted molar refractivity (Wildman–Crippen MR) is 70.0 cm³/mol. The quantitative estimate of drug-likeness (QED) is 0.648. The third kappa shape index (κ3) is 3.24. The van der Waals surface area contributed by atoms with Gasteiger partial charge in [-0.3, -0.25) is 4.68 Å². The first-order valence-electron chi connectivity index (χ1n) is 5.82. The molecule has 0 bridgehead atoms. The van der Waals surface area contributed by atoms with Crippen molar-refractivity contribution in [3.8, 4) is 12.3 Å². The van der Waals surface area contributed by atoms with Gasteiger partial charge in [-0.15, -0.1) is 12.3 Å². The Kier molecular flexibility index (Phi) is 5.04. The minimum Gasteiger partial charge on any atom is -0.388 e. The number of aromatic nitrogens is 2. The zero-order valence-electron chi connectivity index (χ0n) is 10.6. The summed E-state index contributed by atoms with van der Waals surface area (Å²) in [6.07, 6.45) is 6.69. The summed E-state index contributed by atoms with van der Waals surface area (Å²) in [5.41, 5.74) is 1.62. The third-order valence-electron chi connectivity index (χ3n) is 2.72. The number of rotatable bonds is 5. The molecular weight excluding hydrogens is 236 g/mol. The molecule has 17 heavy (non-hydrogen) atoms. The molecule has 0 aliphatic heterocycles. The van der Waals surface area contributed by atoms with E-state index in [2.05, 4.69) is 11.0 Å². The van der Waals surface area contributed by atoms with Crippen LogP contribution in [0.25, 0.3) is 0 Å². The lowest BCUT2D eigenvalue weighted by molar-refractivity contribution is 0.164. The molecule has 4 heteroatoms. The molecule has 0 aliphatic rings. The summed E-state index contributed by atoms with van der Waals surface area (Å²) in [5, 5.41) is 15.0. The summed E-state index contributed by atoms with van der Waals surface area (Å²) in [6, 6.07) is 0. The second kappa shape index (κ2) is 6.09. The van der Waals surface area contributed by atoms with Crippen molar-refractivity contribution >= 4 is 11.6 Å². The fourth-order valence-corrected chi connectivity index (χ4v) is 2.08. The molecule has 0 saturated carbocycles. The molecule has 0 aliphatic carbocycles. The van der Waals surface area contributed by atoms with Crippen LogP contribution in [0.4, 0.5) is 0 Å². The Morgan fingerprint density at radius 2 is 2.18 bits per heavy atom. The summed E-state index contributed by atoms with van der Waals surface area (Å²) >= 11 is 6.17. The average Bonchev–Trinajstić information content (AvgIpc) is 2.56. The van der Waals surface area contributed by atoms with Gasteiger partial charge in [-0.05, 0) is 18.8 Å². The number of unbranched alkanes of at least 4 members (excludes halogenated alkanes) is 1. The molecule has 1 rings (SSSR count). The van der Waals surface area contributed by atoms with E-state index in [0.29, 0.717) is 18.0 Å². The summed E-state index contributed by atoms with van der Waals surface area (Å²) in [4.78, 5) is 0. The Hall–Kier alpha value is -0.980. The van der Waals surface area contributed by atoms with E-state index < -0.39 is 6.10 Å². The van der Waals surface area contributed by atoms with E-state index >= 15 is 0 Å². The second-order valence-corrected chi connectivity index (χ2v) is 4.84. The Balaban J connectivity index is 2.91. The third-order valence-corrected chi connectivity index (χ3v) is 3.17. The molecule has 1 aromatic heterocycles. The van der Waals surface area contributed by atoms with E-state index in [1.165, 1.54) is 0 Å². The molecule has 0 saturated heterocycles. The van der Waals surface area contributed by atoms with Crippen molar-refractivity contribution in [1.82, 2.24) is 9.78 Å². The lowest BCUT2D eigenvalue weighted by atomic mass is 9.99. The van der Waals surface area contributed by atoms with Gasteiger partial charge in [0.05, 0.1) is 11.8 Å².